The molecule has 0 spiro atoms. The van der Waals surface area contributed by atoms with Crippen molar-refractivity contribution in [1.29, 1.82) is 5.26 Å². The van der Waals surface area contributed by atoms with Crippen LogP contribution in [0.1, 0.15) is 37.8 Å². The number of thiophene rings is 1. The number of unbranched alkanes of at least 4 members (excludes halogenated alkanes) is 2. The molecule has 0 aliphatic carbocycles. The van der Waals surface area contributed by atoms with Crippen molar-refractivity contribution in [3.05, 3.63) is 20.3 Å². The summed E-state index contributed by atoms with van der Waals surface area (Å²) in [5.74, 6) is 0. The van der Waals surface area contributed by atoms with Gasteiger partial charge in [-0.05, 0) is 37.9 Å². The first kappa shape index (κ1) is 13.8. The summed E-state index contributed by atoms with van der Waals surface area (Å²) < 4.78 is 1.47. The number of halogens is 2. The first-order chi connectivity index (χ1) is 7.65. The van der Waals surface area contributed by atoms with Crippen LogP contribution in [0.15, 0.2) is 6.07 Å². The fourth-order valence-corrected chi connectivity index (χ4v) is 3.05. The van der Waals surface area contributed by atoms with Crippen LogP contribution in [-0.4, -0.2) is 6.54 Å². The molecule has 2 nitrogen and oxygen atoms in total. The van der Waals surface area contributed by atoms with Crippen LogP contribution in [0.5, 0.6) is 0 Å². The van der Waals surface area contributed by atoms with E-state index >= 15 is 0 Å². The third-order valence-corrected chi connectivity index (χ3v) is 3.83. The molecule has 0 amide bonds. The summed E-state index contributed by atoms with van der Waals surface area (Å²) in [4.78, 5) is 0. The molecule has 16 heavy (non-hydrogen) atoms. The molecular formula is C11H14Cl2N2S. The van der Waals surface area contributed by atoms with Crippen LogP contribution in [0.4, 0.5) is 0 Å². The van der Waals surface area contributed by atoms with Gasteiger partial charge >= 0.3 is 0 Å². The lowest BCUT2D eigenvalue weighted by molar-refractivity contribution is 0.550. The second-order valence-electron chi connectivity index (χ2n) is 3.57. The number of nitrogens with zero attached hydrogens (tertiary/aromatic N) is 1. The molecule has 1 aromatic rings. The monoisotopic (exact) mass is 276 g/mol. The molecule has 0 aromatic carbocycles. The van der Waals surface area contributed by atoms with Crippen molar-refractivity contribution >= 4 is 34.5 Å². The predicted octanol–water partition coefficient (Wildman–Crippen LogP) is 4.40. The highest BCUT2D eigenvalue weighted by Crippen LogP contribution is 2.34. The van der Waals surface area contributed by atoms with Crippen molar-refractivity contribution < 1.29 is 0 Å². The topological polar surface area (TPSA) is 35.8 Å². The van der Waals surface area contributed by atoms with Crippen molar-refractivity contribution in [3.63, 3.8) is 0 Å². The van der Waals surface area contributed by atoms with Crippen LogP contribution in [0.2, 0.25) is 8.67 Å². The molecule has 0 aliphatic heterocycles. The molecule has 1 unspecified atom stereocenters. The predicted molar refractivity (Wildman–Crippen MR) is 70.2 cm³/mol. The van der Waals surface area contributed by atoms with Crippen molar-refractivity contribution in [3.8, 4) is 6.07 Å². The van der Waals surface area contributed by atoms with Gasteiger partial charge in [0.25, 0.3) is 0 Å². The zero-order valence-corrected chi connectivity index (χ0v) is 11.4. The van der Waals surface area contributed by atoms with Crippen LogP contribution in [0, 0.1) is 11.3 Å². The molecule has 1 aromatic heterocycles. The van der Waals surface area contributed by atoms with Crippen LogP contribution in [0.3, 0.4) is 0 Å². The quantitative estimate of drug-likeness (QED) is 0.782. The minimum Gasteiger partial charge on any atom is -0.310 e. The number of rotatable bonds is 6. The summed E-state index contributed by atoms with van der Waals surface area (Å²) in [5, 5.41) is 11.8. The van der Waals surface area contributed by atoms with E-state index in [0.717, 1.165) is 33.6 Å². The van der Waals surface area contributed by atoms with E-state index in [9.17, 15) is 0 Å². The summed E-state index contributed by atoms with van der Waals surface area (Å²) in [6.45, 7) is 2.96. The molecule has 1 N–H and O–H groups in total. The Balaban J connectivity index is 2.33. The van der Waals surface area contributed by atoms with E-state index in [1.54, 1.807) is 0 Å². The molecule has 5 heteroatoms. The number of hydrogen-bond acceptors (Lipinski definition) is 3. The standard InChI is InChI=1S/C11H14Cl2N2S/c1-8(15-6-4-2-3-5-14)9-7-10(12)16-11(9)13/h7-8,15H,2-4,6H2,1H3. The van der Waals surface area contributed by atoms with Gasteiger partial charge in [0.15, 0.2) is 0 Å². The first-order valence-corrected chi connectivity index (χ1v) is 6.77. The van der Waals surface area contributed by atoms with Gasteiger partial charge in [0.05, 0.1) is 14.7 Å². The highest BCUT2D eigenvalue weighted by atomic mass is 35.5. The lowest BCUT2D eigenvalue weighted by atomic mass is 10.1. The molecule has 1 rings (SSSR count). The van der Waals surface area contributed by atoms with Gasteiger partial charge in [-0.15, -0.1) is 11.3 Å². The Morgan fingerprint density at radius 1 is 1.50 bits per heavy atom. The van der Waals surface area contributed by atoms with Crippen molar-refractivity contribution in [2.24, 2.45) is 0 Å². The third-order valence-electron chi connectivity index (χ3n) is 2.32. The number of nitrogens with one attached hydrogen (secondary N) is 1. The van der Waals surface area contributed by atoms with Gasteiger partial charge in [-0.25, -0.2) is 0 Å². The third kappa shape index (κ3) is 4.31. The SMILES string of the molecule is CC(NCCCCC#N)c1cc(Cl)sc1Cl. The lowest BCUT2D eigenvalue weighted by Gasteiger charge is -2.12. The molecule has 1 atom stereocenters. The van der Waals surface area contributed by atoms with Crippen LogP contribution in [0.25, 0.3) is 0 Å². The summed E-state index contributed by atoms with van der Waals surface area (Å²) in [5.41, 5.74) is 1.05. The minimum atomic E-state index is 0.207. The van der Waals surface area contributed by atoms with Crippen LogP contribution in [-0.2, 0) is 0 Å². The Kier molecular flexibility index (Phi) is 6.15. The molecule has 0 saturated heterocycles. The minimum absolute atomic E-state index is 0.207. The van der Waals surface area contributed by atoms with E-state index in [1.807, 2.05) is 6.07 Å². The van der Waals surface area contributed by atoms with Gasteiger partial charge in [-0.3, -0.25) is 0 Å². The maximum atomic E-state index is 8.39. The van der Waals surface area contributed by atoms with Gasteiger partial charge in [0.1, 0.15) is 0 Å². The second-order valence-corrected chi connectivity index (χ2v) is 5.86. The fraction of sp³-hybridized carbons (Fsp3) is 0.545. The van der Waals surface area contributed by atoms with Gasteiger partial charge in [-0.1, -0.05) is 23.2 Å². The van der Waals surface area contributed by atoms with E-state index < -0.39 is 0 Å². The molecule has 0 aliphatic rings. The maximum absolute atomic E-state index is 8.39. The highest BCUT2D eigenvalue weighted by Gasteiger charge is 2.12. The molecule has 0 bridgehead atoms. The number of hydrogen-bond donors (Lipinski definition) is 1. The lowest BCUT2D eigenvalue weighted by Crippen LogP contribution is -2.19. The second kappa shape index (κ2) is 7.13. The van der Waals surface area contributed by atoms with Gasteiger partial charge in [0, 0.05) is 12.5 Å². The Morgan fingerprint density at radius 3 is 2.81 bits per heavy atom. The molecular weight excluding hydrogens is 263 g/mol. The van der Waals surface area contributed by atoms with Crippen LogP contribution < -0.4 is 5.32 Å². The van der Waals surface area contributed by atoms with Crippen LogP contribution >= 0.6 is 34.5 Å². The van der Waals surface area contributed by atoms with Gasteiger partial charge in [-0.2, -0.15) is 5.26 Å². The average Bonchev–Trinajstić information content (AvgIpc) is 2.57. The Hall–Kier alpha value is -0.270. The normalized spacial score (nSPS) is 12.4. The fourth-order valence-electron chi connectivity index (χ4n) is 1.41. The van der Waals surface area contributed by atoms with E-state index in [0.29, 0.717) is 6.42 Å². The van der Waals surface area contributed by atoms with Gasteiger partial charge in [0.2, 0.25) is 0 Å². The summed E-state index contributed by atoms with van der Waals surface area (Å²) in [6.07, 6.45) is 2.57. The molecule has 0 radical (unpaired) electrons. The molecule has 1 heterocycles. The van der Waals surface area contributed by atoms with E-state index in [-0.39, 0.29) is 6.04 Å². The average molecular weight is 277 g/mol. The van der Waals surface area contributed by atoms with Crippen molar-refractivity contribution in [1.82, 2.24) is 5.32 Å². The Labute approximate surface area is 110 Å². The Morgan fingerprint density at radius 2 is 2.25 bits per heavy atom. The smallest absolute Gasteiger partial charge is 0.0991 e. The molecule has 0 fully saturated rings. The van der Waals surface area contributed by atoms with E-state index in [4.69, 9.17) is 28.5 Å². The summed E-state index contributed by atoms with van der Waals surface area (Å²) in [6, 6.07) is 4.25. The van der Waals surface area contributed by atoms with Crippen molar-refractivity contribution in [2.45, 2.75) is 32.2 Å². The molecule has 0 saturated carbocycles. The first-order valence-electron chi connectivity index (χ1n) is 5.20. The van der Waals surface area contributed by atoms with Gasteiger partial charge < -0.3 is 5.32 Å². The molecule has 88 valence electrons. The van der Waals surface area contributed by atoms with Crippen molar-refractivity contribution in [2.75, 3.05) is 6.54 Å². The largest absolute Gasteiger partial charge is 0.310 e. The summed E-state index contributed by atoms with van der Waals surface area (Å²) >= 11 is 13.3. The zero-order chi connectivity index (χ0) is 12.0. The van der Waals surface area contributed by atoms with E-state index in [1.165, 1.54) is 11.3 Å². The number of nitriles is 1. The Bertz CT molecular complexity index is 371. The summed E-state index contributed by atoms with van der Waals surface area (Å²) in [7, 11) is 0. The zero-order valence-electron chi connectivity index (χ0n) is 9.09. The maximum Gasteiger partial charge on any atom is 0.0991 e. The highest BCUT2D eigenvalue weighted by molar-refractivity contribution is 7.20. The van der Waals surface area contributed by atoms with E-state index in [2.05, 4.69) is 18.3 Å².